The molecule has 1 fully saturated rings. The van der Waals surface area contributed by atoms with Gasteiger partial charge in [0.15, 0.2) is 0 Å². The molecule has 0 radical (unpaired) electrons. The zero-order chi connectivity index (χ0) is 19.2. The molecule has 0 saturated carbocycles. The summed E-state index contributed by atoms with van der Waals surface area (Å²) in [5.74, 6) is 0.785. The van der Waals surface area contributed by atoms with Crippen molar-refractivity contribution >= 4 is 5.91 Å². The fourth-order valence-electron chi connectivity index (χ4n) is 4.94. The first-order chi connectivity index (χ1) is 13.0. The number of likely N-dealkylation sites (N-methyl/N-ethyl adjacent to an activating group) is 1. The van der Waals surface area contributed by atoms with Gasteiger partial charge in [-0.1, -0.05) is 24.3 Å². The van der Waals surface area contributed by atoms with Crippen LogP contribution in [-0.4, -0.2) is 67.3 Å². The van der Waals surface area contributed by atoms with Crippen molar-refractivity contribution in [2.24, 2.45) is 0 Å². The van der Waals surface area contributed by atoms with Crippen molar-refractivity contribution in [2.45, 2.75) is 37.3 Å². The summed E-state index contributed by atoms with van der Waals surface area (Å²) in [6.07, 6.45) is 1.01. The van der Waals surface area contributed by atoms with Gasteiger partial charge in [-0.2, -0.15) is 0 Å². The number of hydrogen-bond donors (Lipinski definition) is 1. The Morgan fingerprint density at radius 3 is 2.52 bits per heavy atom. The van der Waals surface area contributed by atoms with Crippen LogP contribution >= 0.6 is 0 Å². The molecule has 0 bridgehead atoms. The van der Waals surface area contributed by atoms with Crippen LogP contribution in [0.3, 0.4) is 0 Å². The van der Waals surface area contributed by atoms with Crippen LogP contribution in [0, 0.1) is 0 Å². The van der Waals surface area contributed by atoms with Crippen LogP contribution in [0.15, 0.2) is 35.8 Å². The highest BCUT2D eigenvalue weighted by atomic mass is 16.6. The largest absolute Gasteiger partial charge is 0.491 e. The van der Waals surface area contributed by atoms with E-state index in [0.29, 0.717) is 37.8 Å². The Hall–Kier alpha value is -2.05. The molecule has 146 valence electrons. The number of amides is 1. The van der Waals surface area contributed by atoms with Crippen molar-refractivity contribution in [3.05, 3.63) is 46.9 Å². The average Bonchev–Trinajstić information content (AvgIpc) is 2.91. The number of hydrogen-bond acceptors (Lipinski definition) is 5. The van der Waals surface area contributed by atoms with Crippen molar-refractivity contribution in [3.63, 3.8) is 0 Å². The summed E-state index contributed by atoms with van der Waals surface area (Å²) in [5.41, 5.74) is 2.14. The second-order valence-electron chi connectivity index (χ2n) is 7.97. The molecule has 1 aromatic carbocycles. The zero-order valence-electron chi connectivity index (χ0n) is 16.3. The van der Waals surface area contributed by atoms with E-state index in [1.54, 1.807) is 6.92 Å². The molecule has 1 N–H and O–H groups in total. The summed E-state index contributed by atoms with van der Waals surface area (Å²) in [6, 6.07) is 8.34. The number of carbonyl (C=O) groups excluding carboxylic acids is 1. The lowest BCUT2D eigenvalue weighted by Gasteiger charge is -2.43. The van der Waals surface area contributed by atoms with Crippen molar-refractivity contribution < 1.29 is 19.4 Å². The molecule has 3 aliphatic rings. The molecule has 1 aromatic rings. The highest BCUT2D eigenvalue weighted by Gasteiger charge is 2.53. The van der Waals surface area contributed by atoms with Crippen molar-refractivity contribution in [3.8, 4) is 0 Å². The number of nitrogens with zero attached hydrogens (tertiary/aromatic N) is 2. The van der Waals surface area contributed by atoms with Gasteiger partial charge in [-0.3, -0.25) is 4.79 Å². The van der Waals surface area contributed by atoms with Gasteiger partial charge in [0, 0.05) is 18.5 Å². The Bertz CT molecular complexity index is 765. The molecule has 1 spiro atoms. The number of fused-ring (bicyclic) bond motifs is 2. The quantitative estimate of drug-likeness (QED) is 0.858. The summed E-state index contributed by atoms with van der Waals surface area (Å²) in [7, 11) is 4.02. The van der Waals surface area contributed by atoms with E-state index >= 15 is 0 Å². The molecule has 0 unspecified atom stereocenters. The topological polar surface area (TPSA) is 62.2 Å². The van der Waals surface area contributed by atoms with Gasteiger partial charge in [-0.25, -0.2) is 0 Å². The highest BCUT2D eigenvalue weighted by molar-refractivity contribution is 5.92. The number of piperidine rings is 1. The molecule has 6 nitrogen and oxygen atoms in total. The van der Waals surface area contributed by atoms with Gasteiger partial charge in [-0.05, 0) is 45.0 Å². The van der Waals surface area contributed by atoms with E-state index in [4.69, 9.17) is 9.47 Å². The normalized spacial score (nSPS) is 26.8. The van der Waals surface area contributed by atoms with E-state index in [2.05, 4.69) is 17.0 Å². The number of allylic oxidation sites excluding steroid dienone is 1. The van der Waals surface area contributed by atoms with E-state index in [1.807, 2.05) is 31.1 Å². The number of rotatable bonds is 2. The SMILES string of the molecule is CC1=C(C(=O)N2CCC3(CC2)c2ccccc2[C@H](N(C)C)[C@H]3O)OCCO1. The number of aliphatic hydroxyl groups excluding tert-OH is 1. The van der Waals surface area contributed by atoms with Gasteiger partial charge in [-0.15, -0.1) is 0 Å². The molecular formula is C21H28N2O4. The summed E-state index contributed by atoms with van der Waals surface area (Å²) >= 11 is 0. The summed E-state index contributed by atoms with van der Waals surface area (Å²) in [6.45, 7) is 3.87. The maximum Gasteiger partial charge on any atom is 0.292 e. The third-order valence-electron chi connectivity index (χ3n) is 6.34. The van der Waals surface area contributed by atoms with Crippen LogP contribution in [0.25, 0.3) is 0 Å². The van der Waals surface area contributed by atoms with Crippen molar-refractivity contribution in [1.29, 1.82) is 0 Å². The molecule has 0 aromatic heterocycles. The Kier molecular flexibility index (Phi) is 4.64. The lowest BCUT2D eigenvalue weighted by Crippen LogP contribution is -2.51. The maximum absolute atomic E-state index is 12.9. The first kappa shape index (κ1) is 18.3. The van der Waals surface area contributed by atoms with E-state index in [0.717, 1.165) is 12.8 Å². The van der Waals surface area contributed by atoms with Gasteiger partial charge in [0.1, 0.15) is 19.0 Å². The molecule has 1 aliphatic carbocycles. The average molecular weight is 372 g/mol. The Balaban J connectivity index is 1.57. The lowest BCUT2D eigenvalue weighted by molar-refractivity contribution is -0.135. The lowest BCUT2D eigenvalue weighted by atomic mass is 9.72. The minimum atomic E-state index is -0.475. The first-order valence-corrected chi connectivity index (χ1v) is 9.65. The van der Waals surface area contributed by atoms with Crippen LogP contribution in [0.5, 0.6) is 0 Å². The Labute approximate surface area is 160 Å². The Morgan fingerprint density at radius 2 is 1.85 bits per heavy atom. The predicted molar refractivity (Wildman–Crippen MR) is 101 cm³/mol. The van der Waals surface area contributed by atoms with Gasteiger partial charge in [0.05, 0.1) is 12.1 Å². The van der Waals surface area contributed by atoms with Crippen LogP contribution in [0.2, 0.25) is 0 Å². The molecule has 4 rings (SSSR count). The van der Waals surface area contributed by atoms with Crippen LogP contribution in [-0.2, 0) is 19.7 Å². The molecule has 1 amide bonds. The van der Waals surface area contributed by atoms with Crippen LogP contribution in [0.1, 0.15) is 36.9 Å². The zero-order valence-corrected chi connectivity index (χ0v) is 16.3. The summed E-state index contributed by atoms with van der Waals surface area (Å²) < 4.78 is 11.0. The predicted octanol–water partition coefficient (Wildman–Crippen LogP) is 1.80. The standard InChI is InChI=1S/C21H28N2O4/c1-14-18(27-13-12-26-14)20(25)23-10-8-21(9-11-23)16-7-5-4-6-15(16)17(19(21)24)22(2)3/h4-7,17,19,24H,8-13H2,1-3H3/t17-,19+/m0/s1. The number of carbonyl (C=O) groups is 1. The van der Waals surface area contributed by atoms with E-state index in [9.17, 15) is 9.90 Å². The molecule has 6 heteroatoms. The molecule has 2 atom stereocenters. The molecule has 27 heavy (non-hydrogen) atoms. The fourth-order valence-corrected chi connectivity index (χ4v) is 4.94. The Morgan fingerprint density at radius 1 is 1.19 bits per heavy atom. The first-order valence-electron chi connectivity index (χ1n) is 9.65. The minimum absolute atomic E-state index is 0.0107. The van der Waals surface area contributed by atoms with Crippen molar-refractivity contribution in [2.75, 3.05) is 40.4 Å². The summed E-state index contributed by atoms with van der Waals surface area (Å²) in [5, 5.41) is 11.3. The smallest absolute Gasteiger partial charge is 0.292 e. The van der Waals surface area contributed by atoms with Crippen molar-refractivity contribution in [1.82, 2.24) is 9.80 Å². The van der Waals surface area contributed by atoms with Gasteiger partial charge < -0.3 is 24.4 Å². The van der Waals surface area contributed by atoms with Gasteiger partial charge in [0.2, 0.25) is 5.76 Å². The molecule has 1 saturated heterocycles. The highest BCUT2D eigenvalue weighted by Crippen LogP contribution is 2.52. The fraction of sp³-hybridized carbons (Fsp3) is 0.571. The second kappa shape index (κ2) is 6.84. The third-order valence-corrected chi connectivity index (χ3v) is 6.34. The number of benzene rings is 1. The number of aliphatic hydroxyl groups is 1. The van der Waals surface area contributed by atoms with Crippen LogP contribution < -0.4 is 0 Å². The third kappa shape index (κ3) is 2.82. The van der Waals surface area contributed by atoms with E-state index in [-0.39, 0.29) is 17.4 Å². The summed E-state index contributed by atoms with van der Waals surface area (Å²) in [4.78, 5) is 16.8. The van der Waals surface area contributed by atoms with Gasteiger partial charge in [0.25, 0.3) is 5.91 Å². The van der Waals surface area contributed by atoms with Crippen LogP contribution in [0.4, 0.5) is 0 Å². The minimum Gasteiger partial charge on any atom is -0.491 e. The number of likely N-dealkylation sites (tertiary alicyclic amines) is 1. The van der Waals surface area contributed by atoms with Gasteiger partial charge >= 0.3 is 0 Å². The number of ether oxygens (including phenoxy) is 2. The molecular weight excluding hydrogens is 344 g/mol. The second-order valence-corrected chi connectivity index (χ2v) is 7.97. The molecule has 2 heterocycles. The van der Waals surface area contributed by atoms with E-state index < -0.39 is 6.10 Å². The van der Waals surface area contributed by atoms with E-state index in [1.165, 1.54) is 11.1 Å². The monoisotopic (exact) mass is 372 g/mol. The maximum atomic E-state index is 12.9. The molecule has 2 aliphatic heterocycles.